The fraction of sp³-hybridized carbons (Fsp3) is 0.400. The molecule has 0 aliphatic carbocycles. The Kier molecular flexibility index (Phi) is 3.99. The lowest BCUT2D eigenvalue weighted by molar-refractivity contribution is -0.138. The smallest absolute Gasteiger partial charge is 0.330 e. The second-order valence-electron chi connectivity index (χ2n) is 3.30. The largest absolute Gasteiger partial charge is 0.389 e. The molecule has 0 amide bonds. The van der Waals surface area contributed by atoms with Crippen LogP contribution >= 0.6 is 11.6 Å². The van der Waals surface area contributed by atoms with Crippen LogP contribution in [-0.4, -0.2) is 12.7 Å². The Morgan fingerprint density at radius 1 is 1.20 bits per heavy atom. The third-order valence-electron chi connectivity index (χ3n) is 2.10. The van der Waals surface area contributed by atoms with E-state index in [1.165, 1.54) is 0 Å². The van der Waals surface area contributed by atoms with Gasteiger partial charge in [0.15, 0.2) is 0 Å². The Morgan fingerprint density at radius 3 is 2.13 bits per heavy atom. The molecule has 1 nitrogen and oxygen atoms in total. The van der Waals surface area contributed by atoms with Crippen molar-refractivity contribution in [2.75, 3.05) is 6.54 Å². The number of halogens is 4. The summed E-state index contributed by atoms with van der Waals surface area (Å²) in [6.45, 7) is -0.0266. The molecule has 0 aliphatic heterocycles. The van der Waals surface area contributed by atoms with E-state index in [1.807, 2.05) is 0 Å². The zero-order valence-electron chi connectivity index (χ0n) is 7.89. The van der Waals surface area contributed by atoms with Gasteiger partial charge in [-0.3, -0.25) is 0 Å². The highest BCUT2D eigenvalue weighted by atomic mass is 35.5. The maximum atomic E-state index is 12.2. The van der Waals surface area contributed by atoms with Crippen LogP contribution in [0.3, 0.4) is 0 Å². The summed E-state index contributed by atoms with van der Waals surface area (Å²) < 4.78 is 36.5. The van der Waals surface area contributed by atoms with Gasteiger partial charge in [0, 0.05) is 10.9 Å². The van der Waals surface area contributed by atoms with Gasteiger partial charge in [0.2, 0.25) is 0 Å². The van der Waals surface area contributed by atoms with Crippen LogP contribution in [0.5, 0.6) is 0 Å². The molecular formula is C10H11ClF3N. The first-order valence-electron chi connectivity index (χ1n) is 4.44. The molecular weight excluding hydrogens is 227 g/mol. The zero-order valence-corrected chi connectivity index (χ0v) is 8.65. The average Bonchev–Trinajstić information content (AvgIpc) is 2.14. The number of benzene rings is 1. The normalized spacial score (nSPS) is 13.9. The van der Waals surface area contributed by atoms with E-state index < -0.39 is 18.5 Å². The minimum Gasteiger partial charge on any atom is -0.330 e. The summed E-state index contributed by atoms with van der Waals surface area (Å²) >= 11 is 5.64. The molecule has 1 aromatic rings. The van der Waals surface area contributed by atoms with Gasteiger partial charge in [0.1, 0.15) is 0 Å². The summed E-state index contributed by atoms with van der Waals surface area (Å²) in [5, 5.41) is 0.501. The average molecular weight is 238 g/mol. The van der Waals surface area contributed by atoms with Gasteiger partial charge in [-0.1, -0.05) is 23.7 Å². The maximum absolute atomic E-state index is 12.2. The van der Waals surface area contributed by atoms with Gasteiger partial charge < -0.3 is 5.73 Å². The van der Waals surface area contributed by atoms with Crippen molar-refractivity contribution in [1.82, 2.24) is 0 Å². The minimum atomic E-state index is -4.19. The van der Waals surface area contributed by atoms with Gasteiger partial charge in [-0.05, 0) is 24.2 Å². The third kappa shape index (κ3) is 4.10. The summed E-state index contributed by atoms with van der Waals surface area (Å²) in [4.78, 5) is 0. The molecule has 0 aliphatic rings. The van der Waals surface area contributed by atoms with Gasteiger partial charge in [-0.25, -0.2) is 0 Å². The van der Waals surface area contributed by atoms with Crippen molar-refractivity contribution < 1.29 is 13.2 Å². The number of alkyl halides is 3. The Labute approximate surface area is 91.0 Å². The highest BCUT2D eigenvalue weighted by Gasteiger charge is 2.31. The van der Waals surface area contributed by atoms with Gasteiger partial charge in [0.05, 0.1) is 6.42 Å². The molecule has 0 aromatic heterocycles. The van der Waals surface area contributed by atoms with Gasteiger partial charge in [-0.2, -0.15) is 13.2 Å². The van der Waals surface area contributed by atoms with Crippen molar-refractivity contribution in [3.8, 4) is 0 Å². The van der Waals surface area contributed by atoms with E-state index in [4.69, 9.17) is 17.3 Å². The first-order chi connectivity index (χ1) is 6.92. The predicted octanol–water partition coefficient (Wildman–Crippen LogP) is 3.33. The Hall–Kier alpha value is -0.740. The SMILES string of the molecule is NC[C@H](CC(F)(F)F)c1ccc(Cl)cc1. The van der Waals surface area contributed by atoms with Crippen molar-refractivity contribution in [2.45, 2.75) is 18.5 Å². The summed E-state index contributed by atoms with van der Waals surface area (Å²) in [6.07, 6.45) is -5.09. The third-order valence-corrected chi connectivity index (χ3v) is 2.36. The Morgan fingerprint density at radius 2 is 1.73 bits per heavy atom. The lowest BCUT2D eigenvalue weighted by Gasteiger charge is -2.17. The quantitative estimate of drug-likeness (QED) is 0.857. The van der Waals surface area contributed by atoms with Crippen molar-refractivity contribution in [3.63, 3.8) is 0 Å². The molecule has 2 N–H and O–H groups in total. The topological polar surface area (TPSA) is 26.0 Å². The van der Waals surface area contributed by atoms with Crippen LogP contribution in [0.15, 0.2) is 24.3 Å². The first kappa shape index (κ1) is 12.3. The summed E-state index contributed by atoms with van der Waals surface area (Å²) in [7, 11) is 0. The molecule has 0 saturated carbocycles. The molecule has 0 radical (unpaired) electrons. The highest BCUT2D eigenvalue weighted by molar-refractivity contribution is 6.30. The minimum absolute atomic E-state index is 0.0266. The van der Waals surface area contributed by atoms with Crippen LogP contribution in [0.4, 0.5) is 13.2 Å². The summed E-state index contributed by atoms with van der Waals surface area (Å²) in [5.41, 5.74) is 5.89. The van der Waals surface area contributed by atoms with E-state index in [9.17, 15) is 13.2 Å². The molecule has 0 fully saturated rings. The predicted molar refractivity (Wildman–Crippen MR) is 53.9 cm³/mol. The van der Waals surface area contributed by atoms with E-state index in [0.717, 1.165) is 0 Å². The summed E-state index contributed by atoms with van der Waals surface area (Å²) in [6, 6.07) is 6.28. The van der Waals surface area contributed by atoms with Crippen molar-refractivity contribution in [1.29, 1.82) is 0 Å². The number of hydrogen-bond donors (Lipinski definition) is 1. The Bertz CT molecular complexity index is 307. The molecule has 1 rings (SSSR count). The molecule has 0 bridgehead atoms. The first-order valence-corrected chi connectivity index (χ1v) is 4.82. The van der Waals surface area contributed by atoms with E-state index in [1.54, 1.807) is 24.3 Å². The van der Waals surface area contributed by atoms with Crippen LogP contribution in [0.1, 0.15) is 17.9 Å². The van der Waals surface area contributed by atoms with Gasteiger partial charge >= 0.3 is 6.18 Å². The maximum Gasteiger partial charge on any atom is 0.389 e. The van der Waals surface area contributed by atoms with E-state index in [0.29, 0.717) is 10.6 Å². The fourth-order valence-electron chi connectivity index (χ4n) is 1.35. The van der Waals surface area contributed by atoms with Crippen LogP contribution in [0.25, 0.3) is 0 Å². The Balaban J connectivity index is 2.79. The number of hydrogen-bond acceptors (Lipinski definition) is 1. The van der Waals surface area contributed by atoms with Crippen LogP contribution in [0, 0.1) is 0 Å². The van der Waals surface area contributed by atoms with E-state index in [-0.39, 0.29) is 6.54 Å². The number of nitrogens with two attached hydrogens (primary N) is 1. The molecule has 0 unspecified atom stereocenters. The van der Waals surface area contributed by atoms with E-state index >= 15 is 0 Å². The van der Waals surface area contributed by atoms with E-state index in [2.05, 4.69) is 0 Å². The van der Waals surface area contributed by atoms with Crippen LogP contribution in [-0.2, 0) is 0 Å². The van der Waals surface area contributed by atoms with Crippen molar-refractivity contribution in [2.24, 2.45) is 5.73 Å². The van der Waals surface area contributed by atoms with Gasteiger partial charge in [0.25, 0.3) is 0 Å². The monoisotopic (exact) mass is 237 g/mol. The molecule has 1 atom stereocenters. The molecule has 0 spiro atoms. The second-order valence-corrected chi connectivity index (χ2v) is 3.74. The lowest BCUT2D eigenvalue weighted by atomic mass is 9.96. The molecule has 0 saturated heterocycles. The molecule has 5 heteroatoms. The highest BCUT2D eigenvalue weighted by Crippen LogP contribution is 2.30. The zero-order chi connectivity index (χ0) is 11.5. The van der Waals surface area contributed by atoms with Crippen molar-refractivity contribution >= 4 is 11.6 Å². The van der Waals surface area contributed by atoms with Crippen molar-refractivity contribution in [3.05, 3.63) is 34.9 Å². The number of rotatable bonds is 3. The molecule has 1 aromatic carbocycles. The standard InChI is InChI=1S/C10H11ClF3N/c11-9-3-1-7(2-4-9)8(6-15)5-10(12,13)14/h1-4,8H,5-6,15H2/t8-/m0/s1. The fourth-order valence-corrected chi connectivity index (χ4v) is 1.48. The van der Waals surface area contributed by atoms with Gasteiger partial charge in [-0.15, -0.1) is 0 Å². The molecule has 84 valence electrons. The molecule has 0 heterocycles. The van der Waals surface area contributed by atoms with Crippen LogP contribution < -0.4 is 5.73 Å². The second kappa shape index (κ2) is 4.86. The lowest BCUT2D eigenvalue weighted by Crippen LogP contribution is -2.20. The van der Waals surface area contributed by atoms with Crippen LogP contribution in [0.2, 0.25) is 5.02 Å². The summed E-state index contributed by atoms with van der Waals surface area (Å²) in [5.74, 6) is -0.692. The molecule has 15 heavy (non-hydrogen) atoms.